The Kier molecular flexibility index (Phi) is 15.4. The van der Waals surface area contributed by atoms with Gasteiger partial charge in [-0.15, -0.1) is 0 Å². The van der Waals surface area contributed by atoms with E-state index in [1.54, 1.807) is 0 Å². The van der Waals surface area contributed by atoms with Gasteiger partial charge in [-0.25, -0.2) is 0 Å². The molecular weight excluding hydrogens is 1340 g/mol. The number of anilines is 12. The third kappa shape index (κ3) is 10.3. The molecule has 0 spiro atoms. The van der Waals surface area contributed by atoms with Crippen LogP contribution in [-0.4, -0.2) is 28.4 Å². The number of rotatable bonds is 13. The Hall–Kier alpha value is -12.3. The van der Waals surface area contributed by atoms with Crippen molar-refractivity contribution >= 4 is 150 Å². The van der Waals surface area contributed by atoms with E-state index in [9.17, 15) is 0 Å². The van der Waals surface area contributed by atoms with Crippen molar-refractivity contribution in [1.82, 2.24) is 0 Å². The summed E-state index contributed by atoms with van der Waals surface area (Å²) in [5.74, 6) is 0. The van der Waals surface area contributed by atoms with Gasteiger partial charge in [-0.1, -0.05) is 36.4 Å². The van der Waals surface area contributed by atoms with Crippen molar-refractivity contribution in [3.63, 3.8) is 0 Å². The Morgan fingerprint density at radius 1 is 0.269 bits per heavy atom. The van der Waals surface area contributed by atoms with Crippen molar-refractivity contribution in [2.75, 3.05) is 19.6 Å². The second kappa shape index (κ2) is 26.0. The van der Waals surface area contributed by atoms with Crippen molar-refractivity contribution in [3.8, 4) is 55.6 Å². The number of para-hydroxylation sites is 8. The molecule has 4 aliphatic rings. The maximum absolute atomic E-state index is 2.74. The Morgan fingerprint density at radius 2 is 0.644 bits per heavy atom. The predicted octanol–water partition coefficient (Wildman–Crippen LogP) is 20.0. The van der Waals surface area contributed by atoms with E-state index in [0.29, 0.717) is 0 Å². The molecule has 4 nitrogen and oxygen atoms in total. The van der Waals surface area contributed by atoms with Crippen molar-refractivity contribution in [2.45, 2.75) is 9.79 Å². The van der Waals surface area contributed by atoms with Gasteiger partial charge in [0.1, 0.15) is 0 Å². The van der Waals surface area contributed by atoms with Crippen LogP contribution in [0.3, 0.4) is 0 Å². The van der Waals surface area contributed by atoms with E-state index in [1.807, 2.05) is 11.8 Å². The number of hydrogen-bond donors (Lipinski definition) is 0. The van der Waals surface area contributed by atoms with Gasteiger partial charge in [-0.3, -0.25) is 0 Å². The van der Waals surface area contributed by atoms with Crippen LogP contribution in [0.25, 0.3) is 55.6 Å². The molecule has 16 aromatic rings. The average Bonchev–Trinajstić information content (AvgIpc) is 0.685. The minimum absolute atomic E-state index is 0.147. The first-order valence-electron chi connectivity index (χ1n) is 35.7. The van der Waals surface area contributed by atoms with Gasteiger partial charge in [0.25, 0.3) is 0 Å². The molecule has 486 valence electrons. The quantitative estimate of drug-likeness (QED) is 0.106. The first-order valence-corrected chi connectivity index (χ1v) is 38.2. The zero-order valence-electron chi connectivity index (χ0n) is 56.7. The standard InChI is InChI=1S/C96H64B2N4SSe/c1-10-34-65(35-11-1)76-52-32-53-77(66-36-12-2-13-37-66)90(76)91-95-82(64-83-96(91)104-89-63-75(100(71-46-22-7-23-47-71)72-48-24-8-25-49-72)61-87-93(89)98(83)80-56-28-30-58-84(80)101(87)73-50-26-9-27-51-73)97-81-57-29-31-59-85(81)102(94-78(67-38-14-3-15-39-67)54-33-55-79(94)68-40-16-4-17-41-68)86-60-74(62-88(103-95)92(86)97)99(69-42-18-5-19-43-69)70-44-20-6-21-45-70/h1-64H. The van der Waals surface area contributed by atoms with Crippen LogP contribution in [-0.2, 0) is 0 Å². The van der Waals surface area contributed by atoms with Gasteiger partial charge in [0.2, 0.25) is 0 Å². The van der Waals surface area contributed by atoms with Gasteiger partial charge in [0.15, 0.2) is 0 Å². The van der Waals surface area contributed by atoms with Gasteiger partial charge in [0, 0.05) is 0 Å². The molecule has 8 heteroatoms. The van der Waals surface area contributed by atoms with E-state index in [1.165, 1.54) is 96.2 Å². The van der Waals surface area contributed by atoms with E-state index in [0.717, 1.165) is 79.1 Å². The van der Waals surface area contributed by atoms with Crippen molar-refractivity contribution < 1.29 is 0 Å². The topological polar surface area (TPSA) is 13.0 Å². The Morgan fingerprint density at radius 3 is 1.12 bits per heavy atom. The maximum atomic E-state index is 2.74. The van der Waals surface area contributed by atoms with Crippen molar-refractivity contribution in [1.29, 1.82) is 0 Å². The van der Waals surface area contributed by atoms with Crippen molar-refractivity contribution in [2.24, 2.45) is 0 Å². The molecule has 0 aliphatic carbocycles. The second-order valence-corrected chi connectivity index (χ2v) is 30.2. The molecule has 0 fully saturated rings. The summed E-state index contributed by atoms with van der Waals surface area (Å²) in [6.45, 7) is -0.358. The molecule has 4 aliphatic heterocycles. The van der Waals surface area contributed by atoms with E-state index in [2.05, 4.69) is 408 Å². The summed E-state index contributed by atoms with van der Waals surface area (Å²) in [6, 6.07) is 145. The molecule has 4 heterocycles. The molecule has 104 heavy (non-hydrogen) atoms. The molecule has 0 N–H and O–H groups in total. The van der Waals surface area contributed by atoms with E-state index in [4.69, 9.17) is 0 Å². The summed E-state index contributed by atoms with van der Waals surface area (Å²) in [4.78, 5) is 12.7. The summed E-state index contributed by atoms with van der Waals surface area (Å²) in [6.07, 6.45) is 0. The van der Waals surface area contributed by atoms with E-state index < -0.39 is 0 Å². The Labute approximate surface area is 618 Å². The zero-order chi connectivity index (χ0) is 68.6. The summed E-state index contributed by atoms with van der Waals surface area (Å²) in [7, 11) is 0. The van der Waals surface area contributed by atoms with Crippen LogP contribution in [0.1, 0.15) is 0 Å². The predicted molar refractivity (Wildman–Crippen MR) is 444 cm³/mol. The molecule has 0 amide bonds. The Balaban J connectivity index is 0.934. The summed E-state index contributed by atoms with van der Waals surface area (Å²) in [5.41, 5.74) is 33.4. The van der Waals surface area contributed by atoms with Crippen LogP contribution in [0.4, 0.5) is 68.2 Å². The molecule has 0 saturated carbocycles. The number of fused-ring (bicyclic) bond motifs is 8. The van der Waals surface area contributed by atoms with Gasteiger partial charge in [-0.05, 0) is 0 Å². The monoisotopic (exact) mass is 1410 g/mol. The molecule has 0 radical (unpaired) electrons. The fraction of sp³-hybridized carbons (Fsp3) is 0. The molecule has 16 aromatic carbocycles. The van der Waals surface area contributed by atoms with E-state index >= 15 is 0 Å². The van der Waals surface area contributed by atoms with Crippen LogP contribution in [0.2, 0.25) is 0 Å². The summed E-state index contributed by atoms with van der Waals surface area (Å²) in [5, 5.41) is 0. The van der Waals surface area contributed by atoms with Crippen LogP contribution >= 0.6 is 11.8 Å². The van der Waals surface area contributed by atoms with Gasteiger partial charge in [0.05, 0.1) is 0 Å². The third-order valence-electron chi connectivity index (χ3n) is 21.1. The normalized spacial score (nSPS) is 12.7. The molecular formula is C96H64B2N4SSe. The first kappa shape index (κ1) is 61.6. The number of hydrogen-bond acceptors (Lipinski definition) is 5. The molecule has 0 unspecified atom stereocenters. The molecule has 0 aromatic heterocycles. The second-order valence-electron chi connectivity index (χ2n) is 26.9. The Bertz CT molecular complexity index is 5750. The number of benzene rings is 16. The summed E-state index contributed by atoms with van der Waals surface area (Å²) >= 11 is 1.69. The molecule has 20 rings (SSSR count). The number of nitrogens with zero attached hydrogens (tertiary/aromatic N) is 4. The third-order valence-corrected chi connectivity index (χ3v) is 24.8. The zero-order valence-corrected chi connectivity index (χ0v) is 59.2. The summed E-state index contributed by atoms with van der Waals surface area (Å²) < 4.78 is 2.77. The average molecular weight is 1410 g/mol. The van der Waals surface area contributed by atoms with Crippen LogP contribution < -0.4 is 61.3 Å². The van der Waals surface area contributed by atoms with Crippen LogP contribution in [0.5, 0.6) is 0 Å². The molecule has 0 saturated heterocycles. The van der Waals surface area contributed by atoms with Crippen LogP contribution in [0.15, 0.2) is 398 Å². The fourth-order valence-electron chi connectivity index (χ4n) is 16.8. The first-order chi connectivity index (χ1) is 51.7. The molecule has 0 bridgehead atoms. The van der Waals surface area contributed by atoms with Gasteiger partial charge >= 0.3 is 587 Å². The van der Waals surface area contributed by atoms with Gasteiger partial charge in [-0.2, -0.15) is 0 Å². The minimum atomic E-state index is -0.288. The van der Waals surface area contributed by atoms with Gasteiger partial charge < -0.3 is 0 Å². The van der Waals surface area contributed by atoms with E-state index in [-0.39, 0.29) is 28.4 Å². The van der Waals surface area contributed by atoms with Crippen LogP contribution in [0, 0.1) is 0 Å². The SMILES string of the molecule is c1ccc(-c2cccc(-c3ccccc3)c2-c2c3c(cc4c2[Se]c2cc(N(c5ccccc5)c5ccccc5)cc5c2B4c2ccccc2N5c2ccccc2)B2c4ccccc4N(c4c(-c5ccccc5)cccc4-c4ccccc4)c4cc(N(c5ccccc5)c5ccccc5)cc(c42)S3)cc1. The fourth-order valence-corrected chi connectivity index (χ4v) is 21.0. The van der Waals surface area contributed by atoms with Crippen molar-refractivity contribution in [3.05, 3.63) is 388 Å². The molecule has 0 atom stereocenters.